The first kappa shape index (κ1) is 34.1. The van der Waals surface area contributed by atoms with Crippen molar-refractivity contribution in [2.24, 2.45) is 11.7 Å². The Hall–Kier alpha value is -4.12. The van der Waals surface area contributed by atoms with Crippen molar-refractivity contribution in [2.75, 3.05) is 25.0 Å². The van der Waals surface area contributed by atoms with E-state index >= 15 is 0 Å². The van der Waals surface area contributed by atoms with Crippen LogP contribution in [-0.2, 0) is 16.0 Å². The first-order valence-electron chi connectivity index (χ1n) is 14.1. The highest BCUT2D eigenvalue weighted by Crippen LogP contribution is 2.13. The third-order valence-electron chi connectivity index (χ3n) is 6.32. The zero-order valence-corrected chi connectivity index (χ0v) is 25.5. The lowest BCUT2D eigenvalue weighted by Gasteiger charge is -2.34. The number of aliphatic hydroxyl groups is 1. The second kappa shape index (κ2) is 15.8. The average molecular weight is 583 g/mol. The largest absolute Gasteiger partial charge is 0.389 e. The predicted molar refractivity (Wildman–Crippen MR) is 164 cm³/mol. The summed E-state index contributed by atoms with van der Waals surface area (Å²) in [5.41, 5.74) is 6.37. The molecular weight excluding hydrogens is 536 g/mol. The fourth-order valence-corrected chi connectivity index (χ4v) is 4.29. The molecule has 2 aromatic rings. The lowest BCUT2D eigenvalue weighted by Crippen LogP contribution is -2.58. The van der Waals surface area contributed by atoms with Crippen molar-refractivity contribution in [3.8, 4) is 0 Å². The van der Waals surface area contributed by atoms with Gasteiger partial charge in [0.2, 0.25) is 11.8 Å². The van der Waals surface area contributed by atoms with Gasteiger partial charge in [0.1, 0.15) is 6.04 Å². The van der Waals surface area contributed by atoms with E-state index < -0.39 is 48.0 Å². The number of primary amides is 1. The van der Waals surface area contributed by atoms with Crippen molar-refractivity contribution in [1.29, 1.82) is 0 Å². The number of hydrogen-bond donors (Lipinski definition) is 5. The zero-order valence-electron chi connectivity index (χ0n) is 25.5. The maximum atomic E-state index is 13.5. The number of nitrogens with zero attached hydrogens (tertiary/aromatic N) is 2. The summed E-state index contributed by atoms with van der Waals surface area (Å²) in [6, 6.07) is 15.0. The third-order valence-corrected chi connectivity index (χ3v) is 6.32. The number of para-hydroxylation sites is 1. The number of amides is 6. The topological polar surface area (TPSA) is 157 Å². The highest BCUT2D eigenvalue weighted by molar-refractivity contribution is 5.96. The third kappa shape index (κ3) is 11.8. The standard InChI is InChI=1S/C31H46N6O5/c1-21(2)19-37(30(42)35-31(3,4)5)20-26(38)24(17-22-13-9-7-10-14-22)33-28(40)25(18-27(32)39)34-29(41)36(6)23-15-11-8-12-16-23/h7-16,21,24-26,38H,17-20H2,1-6H3,(H2,32,39)(H,33,40)(H,34,41)(H,35,42). The monoisotopic (exact) mass is 582 g/mol. The number of carbonyl (C=O) groups excluding carboxylic acids is 4. The number of benzene rings is 2. The van der Waals surface area contributed by atoms with Crippen molar-refractivity contribution in [1.82, 2.24) is 20.9 Å². The number of nitrogens with one attached hydrogen (secondary N) is 3. The summed E-state index contributed by atoms with van der Waals surface area (Å²) < 4.78 is 0. The maximum absolute atomic E-state index is 13.5. The second-order valence-corrected chi connectivity index (χ2v) is 11.9. The summed E-state index contributed by atoms with van der Waals surface area (Å²) >= 11 is 0. The maximum Gasteiger partial charge on any atom is 0.322 e. The highest BCUT2D eigenvalue weighted by Gasteiger charge is 2.31. The second-order valence-electron chi connectivity index (χ2n) is 11.9. The number of nitrogens with two attached hydrogens (primary N) is 1. The summed E-state index contributed by atoms with van der Waals surface area (Å²) in [7, 11) is 1.54. The molecule has 0 aromatic heterocycles. The Balaban J connectivity index is 2.29. The van der Waals surface area contributed by atoms with E-state index in [1.807, 2.05) is 71.0 Å². The molecule has 0 heterocycles. The molecule has 3 atom stereocenters. The molecule has 0 fully saturated rings. The van der Waals surface area contributed by atoms with E-state index in [0.29, 0.717) is 12.2 Å². The summed E-state index contributed by atoms with van der Waals surface area (Å²) in [6.07, 6.45) is -1.37. The van der Waals surface area contributed by atoms with Crippen molar-refractivity contribution >= 4 is 29.6 Å². The number of carbonyl (C=O) groups is 4. The zero-order chi connectivity index (χ0) is 31.4. The average Bonchev–Trinajstić information content (AvgIpc) is 2.91. The van der Waals surface area contributed by atoms with Crippen LogP contribution in [0.5, 0.6) is 0 Å². The van der Waals surface area contributed by atoms with Gasteiger partial charge in [-0.15, -0.1) is 0 Å². The van der Waals surface area contributed by atoms with E-state index in [4.69, 9.17) is 5.73 Å². The molecule has 42 heavy (non-hydrogen) atoms. The SMILES string of the molecule is CC(C)CN(CC(O)C(Cc1ccccc1)NC(=O)C(CC(N)=O)NC(=O)N(C)c1ccccc1)C(=O)NC(C)(C)C. The van der Waals surface area contributed by atoms with Gasteiger partial charge in [-0.25, -0.2) is 9.59 Å². The Bertz CT molecular complexity index is 1170. The quantitative estimate of drug-likeness (QED) is 0.245. The van der Waals surface area contributed by atoms with E-state index in [9.17, 15) is 24.3 Å². The smallest absolute Gasteiger partial charge is 0.322 e. The summed E-state index contributed by atoms with van der Waals surface area (Å²) in [5, 5.41) is 19.7. The van der Waals surface area contributed by atoms with E-state index in [1.54, 1.807) is 24.3 Å². The van der Waals surface area contributed by atoms with Crippen LogP contribution in [0.25, 0.3) is 0 Å². The van der Waals surface area contributed by atoms with Crippen LogP contribution in [0.3, 0.4) is 0 Å². The molecule has 230 valence electrons. The van der Waals surface area contributed by atoms with Crippen LogP contribution in [0.2, 0.25) is 0 Å². The van der Waals surface area contributed by atoms with Crippen LogP contribution in [0.15, 0.2) is 60.7 Å². The van der Waals surface area contributed by atoms with Gasteiger partial charge in [-0.2, -0.15) is 0 Å². The molecule has 0 saturated carbocycles. The minimum absolute atomic E-state index is 0.0541. The van der Waals surface area contributed by atoms with E-state index in [2.05, 4.69) is 16.0 Å². The minimum Gasteiger partial charge on any atom is -0.389 e. The fourth-order valence-electron chi connectivity index (χ4n) is 4.29. The van der Waals surface area contributed by atoms with Crippen molar-refractivity contribution in [2.45, 2.75) is 71.2 Å². The lowest BCUT2D eigenvalue weighted by atomic mass is 9.99. The number of rotatable bonds is 13. The normalized spacial score (nSPS) is 13.4. The lowest BCUT2D eigenvalue weighted by molar-refractivity contribution is -0.128. The van der Waals surface area contributed by atoms with E-state index in [0.717, 1.165) is 5.56 Å². The van der Waals surface area contributed by atoms with Gasteiger partial charge in [0.15, 0.2) is 0 Å². The molecule has 0 radical (unpaired) electrons. The Labute approximate surface area is 248 Å². The molecule has 0 saturated heterocycles. The summed E-state index contributed by atoms with van der Waals surface area (Å²) in [4.78, 5) is 54.3. The molecule has 0 aliphatic rings. The van der Waals surface area contributed by atoms with Gasteiger partial charge in [0.05, 0.1) is 25.1 Å². The molecule has 2 rings (SSSR count). The molecule has 11 nitrogen and oxygen atoms in total. The fraction of sp³-hybridized carbons (Fsp3) is 0.484. The molecule has 6 N–H and O–H groups in total. The molecule has 0 bridgehead atoms. The van der Waals surface area contributed by atoms with Gasteiger partial charge in [-0.1, -0.05) is 62.4 Å². The van der Waals surface area contributed by atoms with E-state index in [-0.39, 0.29) is 24.9 Å². The molecule has 0 aliphatic carbocycles. The molecule has 0 spiro atoms. The van der Waals surface area contributed by atoms with Gasteiger partial charge in [-0.3, -0.25) is 14.5 Å². The molecule has 2 aromatic carbocycles. The Morgan fingerprint density at radius 3 is 1.98 bits per heavy atom. The van der Waals surface area contributed by atoms with Gasteiger partial charge >= 0.3 is 12.1 Å². The summed E-state index contributed by atoms with van der Waals surface area (Å²) in [6.45, 7) is 9.88. The Kier molecular flexibility index (Phi) is 12.8. The van der Waals surface area contributed by atoms with Gasteiger partial charge in [0, 0.05) is 24.8 Å². The van der Waals surface area contributed by atoms with E-state index in [1.165, 1.54) is 16.8 Å². The van der Waals surface area contributed by atoms with Crippen LogP contribution in [0.1, 0.15) is 46.6 Å². The van der Waals surface area contributed by atoms with Crippen molar-refractivity contribution < 1.29 is 24.3 Å². The van der Waals surface area contributed by atoms with Gasteiger partial charge in [-0.05, 0) is 50.8 Å². The Morgan fingerprint density at radius 2 is 1.45 bits per heavy atom. The molecular formula is C31H46N6O5. The highest BCUT2D eigenvalue weighted by atomic mass is 16.3. The molecule has 0 aliphatic heterocycles. The summed E-state index contributed by atoms with van der Waals surface area (Å²) in [5.74, 6) is -1.33. The molecule has 3 unspecified atom stereocenters. The Morgan fingerprint density at radius 1 is 0.881 bits per heavy atom. The van der Waals surface area contributed by atoms with Crippen molar-refractivity contribution in [3.05, 3.63) is 66.2 Å². The van der Waals surface area contributed by atoms with Crippen LogP contribution in [0, 0.1) is 5.92 Å². The number of aliphatic hydroxyl groups excluding tert-OH is 1. The van der Waals surface area contributed by atoms with Crippen LogP contribution < -0.4 is 26.6 Å². The first-order chi connectivity index (χ1) is 19.7. The van der Waals surface area contributed by atoms with Gasteiger partial charge in [0.25, 0.3) is 0 Å². The van der Waals surface area contributed by atoms with Crippen LogP contribution in [0.4, 0.5) is 15.3 Å². The van der Waals surface area contributed by atoms with Crippen LogP contribution in [-0.4, -0.2) is 77.7 Å². The predicted octanol–water partition coefficient (Wildman–Crippen LogP) is 2.63. The number of hydrogen-bond acceptors (Lipinski definition) is 5. The molecule has 6 amide bonds. The first-order valence-corrected chi connectivity index (χ1v) is 14.1. The molecule has 11 heteroatoms. The van der Waals surface area contributed by atoms with Crippen LogP contribution >= 0.6 is 0 Å². The van der Waals surface area contributed by atoms with Crippen molar-refractivity contribution in [3.63, 3.8) is 0 Å². The number of anilines is 1. The number of urea groups is 2. The van der Waals surface area contributed by atoms with Gasteiger partial charge < -0.3 is 31.7 Å². The minimum atomic E-state index is -1.29.